The number of para-hydroxylation sites is 1. The van der Waals surface area contributed by atoms with E-state index in [1.54, 1.807) is 0 Å². The summed E-state index contributed by atoms with van der Waals surface area (Å²) in [5, 5.41) is 0.624. The fourth-order valence-electron chi connectivity index (χ4n) is 3.20. The summed E-state index contributed by atoms with van der Waals surface area (Å²) in [5.74, 6) is -0.452. The third kappa shape index (κ3) is 3.69. The van der Waals surface area contributed by atoms with Crippen LogP contribution in [0, 0.1) is 12.7 Å². The van der Waals surface area contributed by atoms with Gasteiger partial charge in [-0.05, 0) is 55.7 Å². The van der Waals surface area contributed by atoms with Crippen molar-refractivity contribution < 1.29 is 17.5 Å². The Morgan fingerprint density at radius 3 is 2.52 bits per heavy atom. The summed E-state index contributed by atoms with van der Waals surface area (Å²) < 4.78 is 46.9. The molecular weight excluding hydrogens is 387 g/mol. The number of hydrogen-bond donors (Lipinski definition) is 0. The molecule has 0 spiro atoms. The van der Waals surface area contributed by atoms with Gasteiger partial charge in [0.15, 0.2) is 0 Å². The molecule has 1 aliphatic heterocycles. The third-order valence-corrected chi connectivity index (χ3v) is 7.55. The van der Waals surface area contributed by atoms with Crippen molar-refractivity contribution in [2.24, 2.45) is 0 Å². The average Bonchev–Trinajstić information content (AvgIpc) is 3.06. The van der Waals surface area contributed by atoms with Gasteiger partial charge in [0, 0.05) is 13.1 Å². The molecule has 0 atom stereocenters. The summed E-state index contributed by atoms with van der Waals surface area (Å²) in [5.41, 5.74) is 2.06. The molecule has 1 aliphatic rings. The maximum absolute atomic E-state index is 13.0. The van der Waals surface area contributed by atoms with E-state index in [2.05, 4.69) is 4.98 Å². The summed E-state index contributed by atoms with van der Waals surface area (Å²) in [6.45, 7) is 2.76. The van der Waals surface area contributed by atoms with Gasteiger partial charge in [0.25, 0.3) is 5.19 Å². The predicted octanol–water partition coefficient (Wildman–Crippen LogP) is 3.98. The smallest absolute Gasteiger partial charge is 0.274 e. The molecule has 0 N–H and O–H groups in total. The number of aromatic nitrogens is 1. The molecule has 0 aliphatic carbocycles. The van der Waals surface area contributed by atoms with Crippen molar-refractivity contribution in [2.75, 3.05) is 13.1 Å². The van der Waals surface area contributed by atoms with Crippen LogP contribution in [0.1, 0.15) is 18.4 Å². The van der Waals surface area contributed by atoms with Gasteiger partial charge in [-0.3, -0.25) is 0 Å². The van der Waals surface area contributed by atoms with Crippen LogP contribution < -0.4 is 4.74 Å². The van der Waals surface area contributed by atoms with Crippen LogP contribution in [-0.4, -0.2) is 36.9 Å². The lowest BCUT2D eigenvalue weighted by molar-refractivity contribution is 0.135. The monoisotopic (exact) mass is 406 g/mol. The lowest BCUT2D eigenvalue weighted by Gasteiger charge is -2.30. The minimum absolute atomic E-state index is 0.0643. The number of thiazole rings is 1. The third-order valence-electron chi connectivity index (χ3n) is 4.72. The lowest BCUT2D eigenvalue weighted by Crippen LogP contribution is -2.41. The van der Waals surface area contributed by atoms with E-state index >= 15 is 0 Å². The SMILES string of the molecule is Cc1cccc2sc(OC3CCN(S(=O)(=O)c4ccc(F)cc4)CC3)nc12. The first kappa shape index (κ1) is 18.3. The van der Waals surface area contributed by atoms with Gasteiger partial charge >= 0.3 is 0 Å². The van der Waals surface area contributed by atoms with Gasteiger partial charge < -0.3 is 4.74 Å². The molecule has 0 saturated carbocycles. The molecule has 3 aromatic rings. The van der Waals surface area contributed by atoms with Crippen molar-refractivity contribution in [1.82, 2.24) is 9.29 Å². The van der Waals surface area contributed by atoms with Crippen LogP contribution >= 0.6 is 11.3 Å². The molecule has 0 amide bonds. The highest BCUT2D eigenvalue weighted by molar-refractivity contribution is 7.89. The zero-order chi connectivity index (χ0) is 19.0. The topological polar surface area (TPSA) is 59.5 Å². The van der Waals surface area contributed by atoms with Crippen LogP contribution in [0.2, 0.25) is 0 Å². The van der Waals surface area contributed by atoms with Crippen LogP contribution in [0.3, 0.4) is 0 Å². The molecule has 4 rings (SSSR count). The number of ether oxygens (including phenoxy) is 1. The number of hydrogen-bond acceptors (Lipinski definition) is 5. The second-order valence-electron chi connectivity index (χ2n) is 6.58. The van der Waals surface area contributed by atoms with Crippen molar-refractivity contribution in [2.45, 2.75) is 30.8 Å². The van der Waals surface area contributed by atoms with Crippen molar-refractivity contribution in [1.29, 1.82) is 0 Å². The Bertz CT molecular complexity index is 1060. The predicted molar refractivity (Wildman–Crippen MR) is 103 cm³/mol. The zero-order valence-corrected chi connectivity index (χ0v) is 16.4. The second-order valence-corrected chi connectivity index (χ2v) is 9.51. The molecule has 142 valence electrons. The van der Waals surface area contributed by atoms with E-state index in [4.69, 9.17) is 4.74 Å². The Balaban J connectivity index is 1.42. The molecule has 1 fully saturated rings. The molecule has 1 saturated heterocycles. The van der Waals surface area contributed by atoms with Gasteiger partial charge in [0.1, 0.15) is 11.9 Å². The zero-order valence-electron chi connectivity index (χ0n) is 14.8. The average molecular weight is 407 g/mol. The van der Waals surface area contributed by atoms with Gasteiger partial charge in [-0.2, -0.15) is 4.31 Å². The Hall–Kier alpha value is -2.03. The van der Waals surface area contributed by atoms with Crippen LogP contribution in [0.15, 0.2) is 47.4 Å². The number of benzene rings is 2. The first-order valence-corrected chi connectivity index (χ1v) is 11.0. The Labute approximate surface area is 161 Å². The summed E-state index contributed by atoms with van der Waals surface area (Å²) in [6, 6.07) is 11.0. The number of rotatable bonds is 4. The maximum Gasteiger partial charge on any atom is 0.274 e. The Morgan fingerprint density at radius 1 is 1.15 bits per heavy atom. The highest BCUT2D eigenvalue weighted by atomic mass is 32.2. The second kappa shape index (κ2) is 7.18. The highest BCUT2D eigenvalue weighted by Gasteiger charge is 2.30. The van der Waals surface area contributed by atoms with E-state index in [1.807, 2.05) is 25.1 Å². The summed E-state index contributed by atoms with van der Waals surface area (Å²) in [4.78, 5) is 4.67. The van der Waals surface area contributed by atoms with Crippen LogP contribution in [0.5, 0.6) is 5.19 Å². The summed E-state index contributed by atoms with van der Waals surface area (Å²) >= 11 is 1.51. The van der Waals surface area contributed by atoms with Gasteiger partial charge in [0.2, 0.25) is 10.0 Å². The fourth-order valence-corrected chi connectivity index (χ4v) is 5.63. The number of halogens is 1. The maximum atomic E-state index is 13.0. The molecule has 5 nitrogen and oxygen atoms in total. The molecular formula is C19H19FN2O3S2. The number of aryl methyl sites for hydroxylation is 1. The normalized spacial score (nSPS) is 16.7. The molecule has 0 unspecified atom stereocenters. The van der Waals surface area contributed by atoms with Gasteiger partial charge in [-0.15, -0.1) is 0 Å². The van der Waals surface area contributed by atoms with Crippen LogP contribution in [0.4, 0.5) is 4.39 Å². The fraction of sp³-hybridized carbons (Fsp3) is 0.316. The van der Waals surface area contributed by atoms with Crippen molar-refractivity contribution in [3.63, 3.8) is 0 Å². The molecule has 27 heavy (non-hydrogen) atoms. The summed E-state index contributed by atoms with van der Waals surface area (Å²) in [7, 11) is -3.60. The van der Waals surface area contributed by atoms with E-state index in [9.17, 15) is 12.8 Å². The molecule has 2 aromatic carbocycles. The van der Waals surface area contributed by atoms with Gasteiger partial charge in [0.05, 0.1) is 15.1 Å². The van der Waals surface area contributed by atoms with E-state index in [0.29, 0.717) is 31.1 Å². The first-order valence-electron chi connectivity index (χ1n) is 8.72. The standard InChI is InChI=1S/C19H19FN2O3S2/c1-13-3-2-4-17-18(13)21-19(26-17)25-15-9-11-22(12-10-15)27(23,24)16-7-5-14(20)6-8-16/h2-8,15H,9-12H2,1H3. The number of nitrogens with zero attached hydrogens (tertiary/aromatic N) is 2. The molecule has 0 bridgehead atoms. The van der Waals surface area contributed by atoms with Crippen LogP contribution in [0.25, 0.3) is 10.2 Å². The Kier molecular flexibility index (Phi) is 4.88. The highest BCUT2D eigenvalue weighted by Crippen LogP contribution is 2.32. The van der Waals surface area contributed by atoms with E-state index in [1.165, 1.54) is 27.8 Å². The molecule has 0 radical (unpaired) electrons. The van der Waals surface area contributed by atoms with Gasteiger partial charge in [-0.25, -0.2) is 17.8 Å². The molecule has 1 aromatic heterocycles. The van der Waals surface area contributed by atoms with E-state index < -0.39 is 15.8 Å². The molecule has 2 heterocycles. The minimum atomic E-state index is -3.60. The van der Waals surface area contributed by atoms with Crippen molar-refractivity contribution >= 4 is 31.6 Å². The number of piperidine rings is 1. The molecule has 8 heteroatoms. The van der Waals surface area contributed by atoms with Crippen LogP contribution in [-0.2, 0) is 10.0 Å². The first-order chi connectivity index (χ1) is 12.9. The largest absolute Gasteiger partial charge is 0.467 e. The quantitative estimate of drug-likeness (QED) is 0.658. The number of fused-ring (bicyclic) bond motifs is 1. The minimum Gasteiger partial charge on any atom is -0.467 e. The Morgan fingerprint density at radius 2 is 1.85 bits per heavy atom. The van der Waals surface area contributed by atoms with Gasteiger partial charge in [-0.1, -0.05) is 23.5 Å². The van der Waals surface area contributed by atoms with E-state index in [-0.39, 0.29) is 11.0 Å². The lowest BCUT2D eigenvalue weighted by atomic mass is 10.1. The van der Waals surface area contributed by atoms with Crippen molar-refractivity contribution in [3.05, 3.63) is 53.8 Å². The summed E-state index contributed by atoms with van der Waals surface area (Å²) in [6.07, 6.45) is 1.12. The van der Waals surface area contributed by atoms with E-state index in [0.717, 1.165) is 27.9 Å². The number of sulfonamides is 1. The van der Waals surface area contributed by atoms with Crippen molar-refractivity contribution in [3.8, 4) is 5.19 Å².